The number of aromatic nitrogens is 1. The van der Waals surface area contributed by atoms with Crippen molar-refractivity contribution >= 4 is 27.8 Å². The molecule has 2 atom stereocenters. The van der Waals surface area contributed by atoms with Crippen LogP contribution < -0.4 is 5.32 Å². The molecule has 26 heavy (non-hydrogen) atoms. The molecule has 3 heterocycles. The fraction of sp³-hybridized carbons (Fsp3) is 0.190. The van der Waals surface area contributed by atoms with Gasteiger partial charge in [-0.2, -0.15) is 0 Å². The molecule has 130 valence electrons. The zero-order chi connectivity index (χ0) is 17.7. The van der Waals surface area contributed by atoms with E-state index >= 15 is 0 Å². The quantitative estimate of drug-likeness (QED) is 0.543. The van der Waals surface area contributed by atoms with Gasteiger partial charge >= 0.3 is 5.97 Å². The van der Waals surface area contributed by atoms with Crippen LogP contribution in [0.1, 0.15) is 22.9 Å². The largest absolute Gasteiger partial charge is 0.468 e. The fourth-order valence-corrected chi connectivity index (χ4v) is 3.96. The first-order valence-electron chi connectivity index (χ1n) is 8.65. The van der Waals surface area contributed by atoms with E-state index in [0.29, 0.717) is 6.42 Å². The average molecular weight is 346 g/mol. The topological polar surface area (TPSA) is 67.3 Å². The molecule has 1 aliphatic rings. The van der Waals surface area contributed by atoms with Gasteiger partial charge in [0.05, 0.1) is 19.4 Å². The van der Waals surface area contributed by atoms with Crippen molar-refractivity contribution in [2.45, 2.75) is 18.5 Å². The molecule has 0 fully saturated rings. The van der Waals surface area contributed by atoms with Crippen LogP contribution in [0.3, 0.4) is 0 Å². The molecule has 2 N–H and O–H groups in total. The molecular formula is C21H18N2O3. The lowest BCUT2D eigenvalue weighted by Crippen LogP contribution is -2.45. The molecule has 1 aliphatic heterocycles. The molecule has 4 aromatic rings. The van der Waals surface area contributed by atoms with Gasteiger partial charge in [0.2, 0.25) is 0 Å². The number of furan rings is 1. The highest BCUT2D eigenvalue weighted by Gasteiger charge is 2.34. The summed E-state index contributed by atoms with van der Waals surface area (Å²) in [7, 11) is 1.43. The summed E-state index contributed by atoms with van der Waals surface area (Å²) in [5.74, 6) is -0.240. The molecule has 2 aromatic heterocycles. The molecule has 5 heteroatoms. The molecule has 0 saturated heterocycles. The van der Waals surface area contributed by atoms with Crippen molar-refractivity contribution in [1.29, 1.82) is 0 Å². The van der Waals surface area contributed by atoms with Crippen molar-refractivity contribution in [3.05, 3.63) is 71.6 Å². The maximum Gasteiger partial charge on any atom is 0.323 e. The first-order chi connectivity index (χ1) is 12.7. The monoisotopic (exact) mass is 346 g/mol. The fourth-order valence-electron chi connectivity index (χ4n) is 3.96. The SMILES string of the molecule is COC(=O)[C@H]1Cc2c([nH]c3ccccc23)[C@H](c2ccc3occc3c2)N1. The van der Waals surface area contributed by atoms with E-state index < -0.39 is 0 Å². The number of fused-ring (bicyclic) bond motifs is 4. The number of methoxy groups -OCH3 is 1. The van der Waals surface area contributed by atoms with Crippen LogP contribution in [0.4, 0.5) is 0 Å². The maximum atomic E-state index is 12.3. The van der Waals surface area contributed by atoms with E-state index in [1.54, 1.807) is 6.26 Å². The van der Waals surface area contributed by atoms with E-state index in [0.717, 1.165) is 33.1 Å². The minimum Gasteiger partial charge on any atom is -0.468 e. The van der Waals surface area contributed by atoms with Crippen LogP contribution in [0.2, 0.25) is 0 Å². The number of hydrogen-bond acceptors (Lipinski definition) is 4. The number of hydrogen-bond donors (Lipinski definition) is 2. The van der Waals surface area contributed by atoms with Gasteiger partial charge in [0.15, 0.2) is 0 Å². The normalized spacial score (nSPS) is 19.6. The predicted octanol–water partition coefficient (Wildman–Crippen LogP) is 3.69. The number of carbonyl (C=O) groups is 1. The summed E-state index contributed by atoms with van der Waals surface area (Å²) in [5.41, 5.74) is 5.30. The second-order valence-corrected chi connectivity index (χ2v) is 6.66. The number of benzene rings is 2. The summed E-state index contributed by atoms with van der Waals surface area (Å²) in [5, 5.41) is 5.66. The lowest BCUT2D eigenvalue weighted by molar-refractivity contribution is -0.143. The molecule has 2 aromatic carbocycles. The molecule has 0 amide bonds. The van der Waals surface area contributed by atoms with Gasteiger partial charge in [0.1, 0.15) is 11.6 Å². The third kappa shape index (κ3) is 2.24. The highest BCUT2D eigenvalue weighted by molar-refractivity contribution is 5.87. The molecule has 5 rings (SSSR count). The van der Waals surface area contributed by atoms with E-state index in [2.05, 4.69) is 28.5 Å². The Hall–Kier alpha value is -3.05. The molecular weight excluding hydrogens is 328 g/mol. The van der Waals surface area contributed by atoms with Gasteiger partial charge in [0.25, 0.3) is 0 Å². The van der Waals surface area contributed by atoms with Crippen LogP contribution in [0, 0.1) is 0 Å². The van der Waals surface area contributed by atoms with E-state index in [1.165, 1.54) is 12.7 Å². The summed E-state index contributed by atoms with van der Waals surface area (Å²) in [4.78, 5) is 15.8. The van der Waals surface area contributed by atoms with E-state index in [4.69, 9.17) is 9.15 Å². The van der Waals surface area contributed by atoms with Crippen molar-refractivity contribution in [3.63, 3.8) is 0 Å². The van der Waals surface area contributed by atoms with Crippen LogP contribution in [-0.4, -0.2) is 24.1 Å². The summed E-state index contributed by atoms with van der Waals surface area (Å²) in [6.45, 7) is 0. The number of nitrogens with one attached hydrogen (secondary N) is 2. The van der Waals surface area contributed by atoms with Crippen LogP contribution in [0.15, 0.2) is 59.2 Å². The first kappa shape index (κ1) is 15.2. The van der Waals surface area contributed by atoms with Crippen LogP contribution in [-0.2, 0) is 16.0 Å². The smallest absolute Gasteiger partial charge is 0.323 e. The Labute approximate surface area is 149 Å². The van der Waals surface area contributed by atoms with Gasteiger partial charge in [-0.25, -0.2) is 0 Å². The van der Waals surface area contributed by atoms with Gasteiger partial charge in [-0.15, -0.1) is 0 Å². The van der Waals surface area contributed by atoms with Crippen LogP contribution in [0.5, 0.6) is 0 Å². The van der Waals surface area contributed by atoms with Gasteiger partial charge in [-0.1, -0.05) is 24.3 Å². The van der Waals surface area contributed by atoms with Crippen molar-refractivity contribution in [2.75, 3.05) is 7.11 Å². The number of aromatic amines is 1. The minimum absolute atomic E-state index is 0.116. The van der Waals surface area contributed by atoms with E-state index in [-0.39, 0.29) is 18.1 Å². The van der Waals surface area contributed by atoms with Crippen LogP contribution in [0.25, 0.3) is 21.9 Å². The molecule has 0 unspecified atom stereocenters. The summed E-state index contributed by atoms with van der Waals surface area (Å²) in [6.07, 6.45) is 2.30. The average Bonchev–Trinajstić information content (AvgIpc) is 3.30. The Morgan fingerprint density at radius 1 is 1.19 bits per heavy atom. The lowest BCUT2D eigenvalue weighted by atomic mass is 9.90. The third-order valence-electron chi connectivity index (χ3n) is 5.21. The molecule has 0 aliphatic carbocycles. The zero-order valence-electron chi connectivity index (χ0n) is 14.3. The van der Waals surface area contributed by atoms with Crippen LogP contribution >= 0.6 is 0 Å². The van der Waals surface area contributed by atoms with Crippen molar-refractivity contribution in [3.8, 4) is 0 Å². The van der Waals surface area contributed by atoms with E-state index in [9.17, 15) is 4.79 Å². The zero-order valence-corrected chi connectivity index (χ0v) is 14.3. The molecule has 0 spiro atoms. The Bertz CT molecular complexity index is 1120. The third-order valence-corrected chi connectivity index (χ3v) is 5.21. The van der Waals surface area contributed by atoms with Crippen molar-refractivity contribution in [1.82, 2.24) is 10.3 Å². The highest BCUT2D eigenvalue weighted by atomic mass is 16.5. The summed E-state index contributed by atoms with van der Waals surface area (Å²) in [6, 6.07) is 15.8. The van der Waals surface area contributed by atoms with Gasteiger partial charge in [-0.05, 0) is 35.4 Å². The number of H-pyrrole nitrogens is 1. The highest BCUT2D eigenvalue weighted by Crippen LogP contribution is 2.36. The first-order valence-corrected chi connectivity index (χ1v) is 8.65. The molecule has 0 radical (unpaired) electrons. The van der Waals surface area contributed by atoms with Gasteiger partial charge < -0.3 is 14.1 Å². The Morgan fingerprint density at radius 2 is 2.08 bits per heavy atom. The Kier molecular flexibility index (Phi) is 3.36. The Morgan fingerprint density at radius 3 is 2.96 bits per heavy atom. The number of para-hydroxylation sites is 1. The standard InChI is InChI=1S/C21H18N2O3/c1-25-21(24)17-11-15-14-4-2-3-5-16(14)22-20(15)19(23-17)13-6-7-18-12(10-13)8-9-26-18/h2-10,17,19,22-23H,11H2,1H3/t17-,19+/m1/s1. The minimum atomic E-state index is -0.378. The summed E-state index contributed by atoms with van der Waals surface area (Å²) < 4.78 is 10.5. The van der Waals surface area contributed by atoms with Crippen molar-refractivity contribution < 1.29 is 13.9 Å². The van der Waals surface area contributed by atoms with Gasteiger partial charge in [-0.3, -0.25) is 10.1 Å². The second kappa shape index (κ2) is 5.75. The lowest BCUT2D eigenvalue weighted by Gasteiger charge is -2.30. The van der Waals surface area contributed by atoms with Gasteiger partial charge in [0, 0.05) is 28.4 Å². The van der Waals surface area contributed by atoms with E-state index in [1.807, 2.05) is 30.3 Å². The number of carbonyl (C=O) groups excluding carboxylic acids is 1. The summed E-state index contributed by atoms with van der Waals surface area (Å²) >= 11 is 0. The number of rotatable bonds is 2. The predicted molar refractivity (Wildman–Crippen MR) is 99.0 cm³/mol. The molecule has 0 saturated carbocycles. The second-order valence-electron chi connectivity index (χ2n) is 6.66. The van der Waals surface area contributed by atoms with Crippen molar-refractivity contribution in [2.24, 2.45) is 0 Å². The maximum absolute atomic E-state index is 12.3. The number of ether oxygens (including phenoxy) is 1. The molecule has 0 bridgehead atoms. The number of esters is 1. The Balaban J connectivity index is 1.69. The molecule has 5 nitrogen and oxygen atoms in total.